The van der Waals surface area contributed by atoms with E-state index in [0.717, 1.165) is 5.82 Å². The van der Waals surface area contributed by atoms with Crippen molar-refractivity contribution in [3.8, 4) is 0 Å². The van der Waals surface area contributed by atoms with Gasteiger partial charge in [0.2, 0.25) is 5.95 Å². The van der Waals surface area contributed by atoms with Crippen molar-refractivity contribution < 1.29 is 0 Å². The number of hydrogen-bond donors (Lipinski definition) is 3. The Kier molecular flexibility index (Phi) is 4.09. The molecule has 6 heteroatoms. The van der Waals surface area contributed by atoms with Crippen LogP contribution in [0.1, 0.15) is 0 Å². The first-order valence-electron chi connectivity index (χ1n) is 4.51. The molecule has 0 unspecified atom stereocenters. The maximum Gasteiger partial charge on any atom is 0.221 e. The van der Waals surface area contributed by atoms with Gasteiger partial charge < -0.3 is 22.1 Å². The fraction of sp³-hybridized carbons (Fsp3) is 0.500. The van der Waals surface area contributed by atoms with Gasteiger partial charge in [0.15, 0.2) is 0 Å². The lowest BCUT2D eigenvalue weighted by molar-refractivity contribution is 0.769. The van der Waals surface area contributed by atoms with Crippen molar-refractivity contribution in [2.24, 2.45) is 11.5 Å². The number of rotatable bonds is 5. The normalized spacial score (nSPS) is 10.1. The SMILES string of the molecule is NCCN(CCN)c1ccnc(N)n1. The second-order valence-electron chi connectivity index (χ2n) is 2.84. The fourth-order valence-electron chi connectivity index (χ4n) is 1.19. The summed E-state index contributed by atoms with van der Waals surface area (Å²) in [5.74, 6) is 1.04. The molecule has 0 aliphatic carbocycles. The molecule has 0 bridgehead atoms. The quantitative estimate of drug-likeness (QED) is 0.545. The van der Waals surface area contributed by atoms with E-state index in [4.69, 9.17) is 17.2 Å². The van der Waals surface area contributed by atoms with Gasteiger partial charge in [-0.1, -0.05) is 0 Å². The highest BCUT2D eigenvalue weighted by atomic mass is 15.2. The summed E-state index contributed by atoms with van der Waals surface area (Å²) in [5, 5.41) is 0. The zero-order valence-electron chi connectivity index (χ0n) is 8.06. The van der Waals surface area contributed by atoms with Crippen molar-refractivity contribution in [3.05, 3.63) is 12.3 Å². The number of hydrogen-bond acceptors (Lipinski definition) is 6. The van der Waals surface area contributed by atoms with Gasteiger partial charge in [0.25, 0.3) is 0 Å². The van der Waals surface area contributed by atoms with Gasteiger partial charge in [0.05, 0.1) is 0 Å². The Bertz CT molecular complexity index is 270. The van der Waals surface area contributed by atoms with E-state index < -0.39 is 0 Å². The van der Waals surface area contributed by atoms with E-state index in [1.54, 1.807) is 12.3 Å². The van der Waals surface area contributed by atoms with Crippen LogP contribution in [0.2, 0.25) is 0 Å². The summed E-state index contributed by atoms with van der Waals surface area (Å²) in [6.07, 6.45) is 1.62. The van der Waals surface area contributed by atoms with Crippen molar-refractivity contribution >= 4 is 11.8 Å². The topological polar surface area (TPSA) is 107 Å². The van der Waals surface area contributed by atoms with Crippen LogP contribution in [0.3, 0.4) is 0 Å². The van der Waals surface area contributed by atoms with Crippen LogP contribution in [0, 0.1) is 0 Å². The molecule has 1 rings (SSSR count). The molecule has 0 fully saturated rings. The molecule has 1 aromatic heterocycles. The second kappa shape index (κ2) is 5.36. The number of anilines is 2. The maximum absolute atomic E-state index is 5.48. The monoisotopic (exact) mass is 196 g/mol. The Labute approximate surface area is 83.1 Å². The highest BCUT2D eigenvalue weighted by Gasteiger charge is 2.05. The maximum atomic E-state index is 5.48. The van der Waals surface area contributed by atoms with Gasteiger partial charge in [-0.15, -0.1) is 0 Å². The molecule has 78 valence electrons. The molecule has 0 saturated carbocycles. The van der Waals surface area contributed by atoms with E-state index in [1.807, 2.05) is 4.90 Å². The average Bonchev–Trinajstić information content (AvgIpc) is 2.17. The summed E-state index contributed by atoms with van der Waals surface area (Å²) < 4.78 is 0. The third kappa shape index (κ3) is 2.82. The van der Waals surface area contributed by atoms with Crippen LogP contribution in [0.15, 0.2) is 12.3 Å². The lowest BCUT2D eigenvalue weighted by atomic mass is 10.4. The predicted molar refractivity (Wildman–Crippen MR) is 56.8 cm³/mol. The number of aromatic nitrogens is 2. The van der Waals surface area contributed by atoms with E-state index in [1.165, 1.54) is 0 Å². The van der Waals surface area contributed by atoms with Crippen LogP contribution < -0.4 is 22.1 Å². The Balaban J connectivity index is 2.75. The van der Waals surface area contributed by atoms with Gasteiger partial charge in [-0.3, -0.25) is 0 Å². The molecule has 0 saturated heterocycles. The van der Waals surface area contributed by atoms with Gasteiger partial charge >= 0.3 is 0 Å². The van der Waals surface area contributed by atoms with E-state index in [0.29, 0.717) is 26.2 Å². The first kappa shape index (κ1) is 10.7. The molecule has 0 atom stereocenters. The highest BCUT2D eigenvalue weighted by Crippen LogP contribution is 2.09. The first-order valence-corrected chi connectivity index (χ1v) is 4.51. The zero-order valence-corrected chi connectivity index (χ0v) is 8.06. The molecule has 6 nitrogen and oxygen atoms in total. The van der Waals surface area contributed by atoms with Gasteiger partial charge in [-0.25, -0.2) is 4.98 Å². The minimum atomic E-state index is 0.265. The molecule has 0 spiro atoms. The molecular weight excluding hydrogens is 180 g/mol. The summed E-state index contributed by atoms with van der Waals surface area (Å²) in [4.78, 5) is 9.90. The molecule has 1 heterocycles. The summed E-state index contributed by atoms with van der Waals surface area (Å²) in [5.41, 5.74) is 16.4. The predicted octanol–water partition coefficient (Wildman–Crippen LogP) is -1.22. The van der Waals surface area contributed by atoms with Gasteiger partial charge in [-0.2, -0.15) is 4.98 Å². The molecule has 0 radical (unpaired) electrons. The fourth-order valence-corrected chi connectivity index (χ4v) is 1.19. The van der Waals surface area contributed by atoms with Crippen molar-refractivity contribution in [3.63, 3.8) is 0 Å². The molecule has 14 heavy (non-hydrogen) atoms. The summed E-state index contributed by atoms with van der Waals surface area (Å²) >= 11 is 0. The van der Waals surface area contributed by atoms with E-state index in [9.17, 15) is 0 Å². The third-order valence-corrected chi connectivity index (χ3v) is 1.78. The largest absolute Gasteiger partial charge is 0.368 e. The zero-order chi connectivity index (χ0) is 10.4. The van der Waals surface area contributed by atoms with Crippen molar-refractivity contribution in [2.75, 3.05) is 36.8 Å². The van der Waals surface area contributed by atoms with Crippen LogP contribution in [0.4, 0.5) is 11.8 Å². The van der Waals surface area contributed by atoms with Crippen molar-refractivity contribution in [2.45, 2.75) is 0 Å². The summed E-state index contributed by atoms with van der Waals surface area (Å²) in [6.45, 7) is 2.55. The van der Waals surface area contributed by atoms with Crippen LogP contribution in [0.25, 0.3) is 0 Å². The Morgan fingerprint density at radius 2 is 1.86 bits per heavy atom. The van der Waals surface area contributed by atoms with Crippen molar-refractivity contribution in [1.82, 2.24) is 9.97 Å². The van der Waals surface area contributed by atoms with Crippen molar-refractivity contribution in [1.29, 1.82) is 0 Å². The van der Waals surface area contributed by atoms with Crippen LogP contribution in [0.5, 0.6) is 0 Å². The smallest absolute Gasteiger partial charge is 0.221 e. The average molecular weight is 196 g/mol. The number of nitrogens with zero attached hydrogens (tertiary/aromatic N) is 3. The molecule has 0 amide bonds. The minimum absolute atomic E-state index is 0.265. The Morgan fingerprint density at radius 3 is 2.36 bits per heavy atom. The molecule has 0 aliphatic rings. The summed E-state index contributed by atoms with van der Waals surface area (Å²) in [6, 6.07) is 1.79. The highest BCUT2D eigenvalue weighted by molar-refractivity contribution is 5.40. The van der Waals surface area contributed by atoms with E-state index in [-0.39, 0.29) is 5.95 Å². The molecule has 1 aromatic rings. The molecular formula is C8H16N6. The molecule has 0 aromatic carbocycles. The van der Waals surface area contributed by atoms with Gasteiger partial charge in [0, 0.05) is 32.4 Å². The Morgan fingerprint density at radius 1 is 1.21 bits per heavy atom. The third-order valence-electron chi connectivity index (χ3n) is 1.78. The number of nitrogens with two attached hydrogens (primary N) is 3. The van der Waals surface area contributed by atoms with Gasteiger partial charge in [0.1, 0.15) is 5.82 Å². The first-order chi connectivity index (χ1) is 6.77. The lowest BCUT2D eigenvalue weighted by Crippen LogP contribution is -2.34. The van der Waals surface area contributed by atoms with Crippen LogP contribution in [-0.4, -0.2) is 36.1 Å². The van der Waals surface area contributed by atoms with Crippen LogP contribution >= 0.6 is 0 Å². The van der Waals surface area contributed by atoms with Crippen LogP contribution in [-0.2, 0) is 0 Å². The molecule has 0 aliphatic heterocycles. The second-order valence-corrected chi connectivity index (χ2v) is 2.84. The van der Waals surface area contributed by atoms with Gasteiger partial charge in [-0.05, 0) is 6.07 Å². The molecule has 6 N–H and O–H groups in total. The minimum Gasteiger partial charge on any atom is -0.368 e. The Hall–Kier alpha value is -1.40. The van der Waals surface area contributed by atoms with E-state index in [2.05, 4.69) is 9.97 Å². The standard InChI is InChI=1S/C8H16N6/c9-2-5-14(6-3-10)7-1-4-12-8(11)13-7/h1,4H,2-3,5-6,9-10H2,(H2,11,12,13). The van der Waals surface area contributed by atoms with E-state index >= 15 is 0 Å². The number of nitrogen functional groups attached to an aromatic ring is 1. The summed E-state index contributed by atoms with van der Waals surface area (Å²) in [7, 11) is 0. The lowest BCUT2D eigenvalue weighted by Gasteiger charge is -2.21.